The maximum atomic E-state index is 6.06. The highest BCUT2D eigenvalue weighted by atomic mass is 35.5. The third-order valence-corrected chi connectivity index (χ3v) is 4.25. The number of nitrogens with zero attached hydrogens (tertiary/aromatic N) is 4. The largest absolute Gasteiger partial charge is 0.493 e. The second-order valence-corrected chi connectivity index (χ2v) is 6.01. The average Bonchev–Trinajstić information content (AvgIpc) is 3.10. The fraction of sp³-hybridized carbons (Fsp3) is 0.105. The number of hydrogen-bond donors (Lipinski definition) is 0. The Morgan fingerprint density at radius 1 is 0.962 bits per heavy atom. The highest BCUT2D eigenvalue weighted by Crippen LogP contribution is 2.30. The van der Waals surface area contributed by atoms with Gasteiger partial charge < -0.3 is 9.47 Å². The molecule has 26 heavy (non-hydrogen) atoms. The van der Waals surface area contributed by atoms with Crippen molar-refractivity contribution in [3.05, 3.63) is 59.9 Å². The zero-order valence-corrected chi connectivity index (χ0v) is 14.9. The van der Waals surface area contributed by atoms with E-state index in [1.807, 2.05) is 42.5 Å². The van der Waals surface area contributed by atoms with Crippen LogP contribution in [0.5, 0.6) is 11.5 Å². The summed E-state index contributed by atoms with van der Waals surface area (Å²) < 4.78 is 12.4. The first-order valence-corrected chi connectivity index (χ1v) is 8.26. The summed E-state index contributed by atoms with van der Waals surface area (Å²) in [6.45, 7) is 0. The zero-order valence-electron chi connectivity index (χ0n) is 14.2. The van der Waals surface area contributed by atoms with E-state index >= 15 is 0 Å². The van der Waals surface area contributed by atoms with Crippen molar-refractivity contribution in [2.24, 2.45) is 0 Å². The Bertz CT molecular complexity index is 1090. The fourth-order valence-corrected chi connectivity index (χ4v) is 2.94. The van der Waals surface area contributed by atoms with Crippen molar-refractivity contribution in [2.45, 2.75) is 0 Å². The number of halogens is 1. The molecule has 0 aliphatic rings. The van der Waals surface area contributed by atoms with Crippen LogP contribution in [0, 0.1) is 0 Å². The topological polar surface area (TPSA) is 62.1 Å². The summed E-state index contributed by atoms with van der Waals surface area (Å²) in [5.41, 5.74) is 3.22. The molecule has 4 aromatic rings. The molecule has 6 nitrogen and oxygen atoms in total. The van der Waals surface area contributed by atoms with Gasteiger partial charge in [-0.3, -0.25) is 0 Å². The maximum absolute atomic E-state index is 6.06. The molecule has 0 saturated carbocycles. The average molecular weight is 367 g/mol. The Kier molecular flexibility index (Phi) is 4.18. The Hall–Kier alpha value is -3.12. The van der Waals surface area contributed by atoms with Gasteiger partial charge in [0.15, 0.2) is 17.3 Å². The molecule has 0 spiro atoms. The van der Waals surface area contributed by atoms with Crippen LogP contribution in [0.1, 0.15) is 0 Å². The molecule has 0 fully saturated rings. The van der Waals surface area contributed by atoms with Crippen LogP contribution in [0.2, 0.25) is 5.02 Å². The maximum Gasteiger partial charge on any atom is 0.162 e. The number of rotatable bonds is 4. The van der Waals surface area contributed by atoms with Gasteiger partial charge in [0.05, 0.1) is 32.3 Å². The Morgan fingerprint density at radius 3 is 2.58 bits per heavy atom. The summed E-state index contributed by atoms with van der Waals surface area (Å²) in [5, 5.41) is 5.09. The lowest BCUT2D eigenvalue weighted by Crippen LogP contribution is -1.99. The number of aromatic nitrogens is 4. The molecule has 0 amide bonds. The van der Waals surface area contributed by atoms with Crippen molar-refractivity contribution >= 4 is 22.6 Å². The van der Waals surface area contributed by atoms with Gasteiger partial charge in [0, 0.05) is 16.7 Å². The Labute approximate surface area is 155 Å². The van der Waals surface area contributed by atoms with E-state index < -0.39 is 0 Å². The van der Waals surface area contributed by atoms with E-state index in [-0.39, 0.29) is 0 Å². The minimum atomic E-state index is 0.604. The number of hydrogen-bond acceptors (Lipinski definition) is 5. The third kappa shape index (κ3) is 2.84. The van der Waals surface area contributed by atoms with E-state index in [2.05, 4.69) is 15.1 Å². The van der Waals surface area contributed by atoms with Crippen molar-refractivity contribution in [3.8, 4) is 28.6 Å². The van der Waals surface area contributed by atoms with Crippen molar-refractivity contribution in [1.29, 1.82) is 0 Å². The van der Waals surface area contributed by atoms with Gasteiger partial charge >= 0.3 is 0 Å². The summed E-state index contributed by atoms with van der Waals surface area (Å²) in [6, 6.07) is 13.0. The molecule has 4 rings (SSSR count). The number of methoxy groups -OCH3 is 2. The predicted octanol–water partition coefficient (Wildman–Crippen LogP) is 4.15. The standard InChI is InChI=1S/C19H15ClN4O2/c1-25-17-7-6-14(9-18(17)26-2)24-16-11-21-19(23-15(16)10-22-24)12-4-3-5-13(20)8-12/h3-11H,1-2H3. The molecule has 0 radical (unpaired) electrons. The Balaban J connectivity index is 1.79. The zero-order chi connectivity index (χ0) is 18.1. The highest BCUT2D eigenvalue weighted by Gasteiger charge is 2.12. The van der Waals surface area contributed by atoms with Crippen LogP contribution in [0.25, 0.3) is 28.1 Å². The summed E-state index contributed by atoms with van der Waals surface area (Å²) in [4.78, 5) is 9.07. The van der Waals surface area contributed by atoms with E-state index in [9.17, 15) is 0 Å². The molecule has 0 saturated heterocycles. The molecule has 2 aromatic carbocycles. The first-order valence-electron chi connectivity index (χ1n) is 7.88. The van der Waals surface area contributed by atoms with Crippen LogP contribution in [0.15, 0.2) is 54.9 Å². The van der Waals surface area contributed by atoms with E-state index in [1.165, 1.54) is 0 Å². The van der Waals surface area contributed by atoms with Gasteiger partial charge in [0.2, 0.25) is 0 Å². The van der Waals surface area contributed by atoms with Crippen molar-refractivity contribution < 1.29 is 9.47 Å². The van der Waals surface area contributed by atoms with Crippen LogP contribution in [0.4, 0.5) is 0 Å². The van der Waals surface area contributed by atoms with Crippen molar-refractivity contribution in [1.82, 2.24) is 19.7 Å². The molecule has 0 bridgehead atoms. The van der Waals surface area contributed by atoms with Crippen LogP contribution in [-0.2, 0) is 0 Å². The second-order valence-electron chi connectivity index (χ2n) is 5.57. The normalized spacial score (nSPS) is 10.9. The molecular formula is C19H15ClN4O2. The first-order chi connectivity index (χ1) is 12.7. The lowest BCUT2D eigenvalue weighted by atomic mass is 10.2. The van der Waals surface area contributed by atoms with E-state index in [1.54, 1.807) is 31.3 Å². The number of benzene rings is 2. The molecule has 0 atom stereocenters. The quantitative estimate of drug-likeness (QED) is 0.543. The summed E-state index contributed by atoms with van der Waals surface area (Å²) in [5.74, 6) is 1.89. The molecule has 7 heteroatoms. The van der Waals surface area contributed by atoms with Crippen molar-refractivity contribution in [2.75, 3.05) is 14.2 Å². The summed E-state index contributed by atoms with van der Waals surface area (Å²) >= 11 is 6.06. The number of ether oxygens (including phenoxy) is 2. The molecule has 130 valence electrons. The molecule has 0 N–H and O–H groups in total. The smallest absolute Gasteiger partial charge is 0.162 e. The Morgan fingerprint density at radius 2 is 1.81 bits per heavy atom. The fourth-order valence-electron chi connectivity index (χ4n) is 2.75. The van der Waals surface area contributed by atoms with E-state index in [4.69, 9.17) is 21.1 Å². The van der Waals surface area contributed by atoms with Crippen LogP contribution in [-0.4, -0.2) is 34.0 Å². The molecule has 0 unspecified atom stereocenters. The molecule has 2 aromatic heterocycles. The van der Waals surface area contributed by atoms with Crippen LogP contribution < -0.4 is 9.47 Å². The minimum absolute atomic E-state index is 0.604. The predicted molar refractivity (Wildman–Crippen MR) is 100 cm³/mol. The van der Waals surface area contributed by atoms with Gasteiger partial charge in [0.25, 0.3) is 0 Å². The second kappa shape index (κ2) is 6.65. The van der Waals surface area contributed by atoms with Gasteiger partial charge in [-0.1, -0.05) is 23.7 Å². The van der Waals surface area contributed by atoms with Gasteiger partial charge in [-0.15, -0.1) is 0 Å². The number of fused-ring (bicyclic) bond motifs is 1. The van der Waals surface area contributed by atoms with E-state index in [0.29, 0.717) is 22.3 Å². The highest BCUT2D eigenvalue weighted by molar-refractivity contribution is 6.30. The lowest BCUT2D eigenvalue weighted by molar-refractivity contribution is 0.355. The molecular weight excluding hydrogens is 352 g/mol. The minimum Gasteiger partial charge on any atom is -0.493 e. The van der Waals surface area contributed by atoms with Crippen LogP contribution in [0.3, 0.4) is 0 Å². The van der Waals surface area contributed by atoms with Gasteiger partial charge in [-0.25, -0.2) is 14.6 Å². The SMILES string of the molecule is COc1ccc(-n2ncc3nc(-c4cccc(Cl)c4)ncc32)cc1OC. The third-order valence-electron chi connectivity index (χ3n) is 4.02. The van der Waals surface area contributed by atoms with Crippen molar-refractivity contribution in [3.63, 3.8) is 0 Å². The van der Waals surface area contributed by atoms with Gasteiger partial charge in [-0.2, -0.15) is 5.10 Å². The summed E-state index contributed by atoms with van der Waals surface area (Å²) in [7, 11) is 3.20. The summed E-state index contributed by atoms with van der Waals surface area (Å²) in [6.07, 6.45) is 3.46. The molecule has 0 aliphatic carbocycles. The molecule has 0 aliphatic heterocycles. The lowest BCUT2D eigenvalue weighted by Gasteiger charge is -2.10. The first kappa shape index (κ1) is 16.4. The van der Waals surface area contributed by atoms with Gasteiger partial charge in [0.1, 0.15) is 11.0 Å². The van der Waals surface area contributed by atoms with E-state index in [0.717, 1.165) is 22.3 Å². The molecule has 2 heterocycles. The monoisotopic (exact) mass is 366 g/mol. The van der Waals surface area contributed by atoms with Gasteiger partial charge in [-0.05, 0) is 24.3 Å². The van der Waals surface area contributed by atoms with Crippen LogP contribution >= 0.6 is 11.6 Å².